The second-order valence-corrected chi connectivity index (χ2v) is 8.00. The minimum Gasteiger partial charge on any atom is -0.383 e. The first-order valence-electron chi connectivity index (χ1n) is 7.31. The molecular formula is C14H23N3O2S2. The monoisotopic (exact) mass is 329 g/mol. The minimum absolute atomic E-state index is 0.0117. The first kappa shape index (κ1) is 16.6. The fraction of sp³-hybridized carbons (Fsp3) is 0.643. The Balaban J connectivity index is 2.15. The maximum atomic E-state index is 12.6. The van der Waals surface area contributed by atoms with Crippen LogP contribution in [0.1, 0.15) is 32.6 Å². The van der Waals surface area contributed by atoms with Crippen LogP contribution in [0, 0.1) is 0 Å². The molecule has 1 aliphatic carbocycles. The molecule has 2 unspecified atom stereocenters. The summed E-state index contributed by atoms with van der Waals surface area (Å²) in [5.41, 5.74) is 0.560. The molecule has 1 aliphatic rings. The predicted octanol–water partition coefficient (Wildman–Crippen LogP) is 2.47. The largest absolute Gasteiger partial charge is 0.383 e. The zero-order valence-corrected chi connectivity index (χ0v) is 14.1. The van der Waals surface area contributed by atoms with E-state index in [0.29, 0.717) is 17.5 Å². The molecule has 0 spiro atoms. The van der Waals surface area contributed by atoms with Gasteiger partial charge in [0.25, 0.3) is 10.0 Å². The first-order valence-corrected chi connectivity index (χ1v) is 10.1. The van der Waals surface area contributed by atoms with Crippen LogP contribution in [0.3, 0.4) is 0 Å². The van der Waals surface area contributed by atoms with E-state index in [1.165, 1.54) is 12.6 Å². The Morgan fingerprint density at radius 2 is 2.24 bits per heavy atom. The maximum absolute atomic E-state index is 12.6. The van der Waals surface area contributed by atoms with E-state index in [9.17, 15) is 8.42 Å². The van der Waals surface area contributed by atoms with E-state index in [1.807, 2.05) is 18.7 Å². The highest BCUT2D eigenvalue weighted by Gasteiger charge is 2.28. The number of aromatic nitrogens is 1. The Labute approximate surface area is 131 Å². The van der Waals surface area contributed by atoms with Gasteiger partial charge < -0.3 is 5.32 Å². The van der Waals surface area contributed by atoms with E-state index >= 15 is 0 Å². The van der Waals surface area contributed by atoms with Crippen molar-refractivity contribution in [1.29, 1.82) is 0 Å². The summed E-state index contributed by atoms with van der Waals surface area (Å²) >= 11 is 1.82. The van der Waals surface area contributed by atoms with Crippen molar-refractivity contribution < 1.29 is 8.42 Å². The molecule has 0 bridgehead atoms. The molecular weight excluding hydrogens is 306 g/mol. The predicted molar refractivity (Wildman–Crippen MR) is 88.3 cm³/mol. The lowest BCUT2D eigenvalue weighted by Gasteiger charge is -2.28. The molecule has 0 amide bonds. The summed E-state index contributed by atoms with van der Waals surface area (Å²) in [7, 11) is -3.58. The zero-order valence-electron chi connectivity index (χ0n) is 12.5. The van der Waals surface area contributed by atoms with Crippen molar-refractivity contribution in [3.63, 3.8) is 0 Å². The standard InChI is InChI=1S/C14H23N3O2S2/c1-3-15-13-8-5-9-16-14(13)21(18,19)17-11-6-4-7-12(10-11)20-2/h5,8-9,11-12,15,17H,3-4,6-7,10H2,1-2H3. The molecule has 5 nitrogen and oxygen atoms in total. The van der Waals surface area contributed by atoms with Gasteiger partial charge in [-0.3, -0.25) is 0 Å². The highest BCUT2D eigenvalue weighted by Crippen LogP contribution is 2.28. The Kier molecular flexibility index (Phi) is 5.89. The van der Waals surface area contributed by atoms with Gasteiger partial charge in [-0.15, -0.1) is 0 Å². The van der Waals surface area contributed by atoms with Crippen LogP contribution in [0.2, 0.25) is 0 Å². The summed E-state index contributed by atoms with van der Waals surface area (Å²) in [6, 6.07) is 3.50. The van der Waals surface area contributed by atoms with Gasteiger partial charge in [0.1, 0.15) is 0 Å². The van der Waals surface area contributed by atoms with Crippen molar-refractivity contribution in [1.82, 2.24) is 9.71 Å². The zero-order chi connectivity index (χ0) is 15.3. The lowest BCUT2D eigenvalue weighted by molar-refractivity contribution is 0.420. The molecule has 1 aromatic rings. The second-order valence-electron chi connectivity index (χ2n) is 5.23. The van der Waals surface area contributed by atoms with Crippen molar-refractivity contribution in [2.24, 2.45) is 0 Å². The molecule has 2 atom stereocenters. The molecule has 1 heterocycles. The molecule has 1 saturated carbocycles. The van der Waals surface area contributed by atoms with E-state index in [1.54, 1.807) is 12.1 Å². The van der Waals surface area contributed by atoms with Crippen LogP contribution >= 0.6 is 11.8 Å². The lowest BCUT2D eigenvalue weighted by Crippen LogP contribution is -2.39. The summed E-state index contributed by atoms with van der Waals surface area (Å²) in [5, 5.41) is 3.69. The SMILES string of the molecule is CCNc1cccnc1S(=O)(=O)NC1CCCC(SC)C1. The highest BCUT2D eigenvalue weighted by molar-refractivity contribution is 7.99. The Morgan fingerprint density at radius 1 is 1.43 bits per heavy atom. The second kappa shape index (κ2) is 7.47. The van der Waals surface area contributed by atoms with Gasteiger partial charge in [-0.25, -0.2) is 18.1 Å². The normalized spacial score (nSPS) is 23.0. The smallest absolute Gasteiger partial charge is 0.260 e. The topological polar surface area (TPSA) is 71.1 Å². The molecule has 21 heavy (non-hydrogen) atoms. The number of hydrogen-bond donors (Lipinski definition) is 2. The third-order valence-electron chi connectivity index (χ3n) is 3.67. The number of sulfonamides is 1. The summed E-state index contributed by atoms with van der Waals surface area (Å²) in [6.07, 6.45) is 7.64. The number of rotatable bonds is 6. The summed E-state index contributed by atoms with van der Waals surface area (Å²) in [6.45, 7) is 2.59. The van der Waals surface area contributed by atoms with Crippen LogP contribution in [0.4, 0.5) is 5.69 Å². The van der Waals surface area contributed by atoms with Crippen LogP contribution in [0.5, 0.6) is 0 Å². The number of hydrogen-bond acceptors (Lipinski definition) is 5. The van der Waals surface area contributed by atoms with Gasteiger partial charge >= 0.3 is 0 Å². The number of pyridine rings is 1. The average Bonchev–Trinajstić information content (AvgIpc) is 2.48. The van der Waals surface area contributed by atoms with E-state index < -0.39 is 10.0 Å². The molecule has 7 heteroatoms. The van der Waals surface area contributed by atoms with Crippen molar-refractivity contribution >= 4 is 27.5 Å². The molecule has 0 radical (unpaired) electrons. The summed E-state index contributed by atoms with van der Waals surface area (Å²) in [5.74, 6) is 0. The average molecular weight is 329 g/mol. The molecule has 118 valence electrons. The molecule has 0 saturated heterocycles. The van der Waals surface area contributed by atoms with E-state index in [4.69, 9.17) is 0 Å². The van der Waals surface area contributed by atoms with Gasteiger partial charge in [0.2, 0.25) is 0 Å². The fourth-order valence-electron chi connectivity index (χ4n) is 2.67. The van der Waals surface area contributed by atoms with E-state index in [-0.39, 0.29) is 11.1 Å². The Hall–Kier alpha value is -0.790. The van der Waals surface area contributed by atoms with Gasteiger partial charge in [0.15, 0.2) is 5.03 Å². The van der Waals surface area contributed by atoms with Crippen LogP contribution in [-0.2, 0) is 10.0 Å². The van der Waals surface area contributed by atoms with Gasteiger partial charge in [0, 0.05) is 24.0 Å². The van der Waals surface area contributed by atoms with Crippen molar-refractivity contribution in [2.75, 3.05) is 18.1 Å². The summed E-state index contributed by atoms with van der Waals surface area (Å²) < 4.78 is 28.0. The van der Waals surface area contributed by atoms with Crippen molar-refractivity contribution in [2.45, 2.75) is 48.9 Å². The third kappa shape index (κ3) is 4.34. The van der Waals surface area contributed by atoms with Gasteiger partial charge in [-0.1, -0.05) is 6.42 Å². The number of thioether (sulfide) groups is 1. The summed E-state index contributed by atoms with van der Waals surface area (Å²) in [4.78, 5) is 4.06. The lowest BCUT2D eigenvalue weighted by atomic mass is 9.96. The van der Waals surface area contributed by atoms with Crippen LogP contribution in [0.25, 0.3) is 0 Å². The van der Waals surface area contributed by atoms with E-state index in [2.05, 4.69) is 21.3 Å². The Bertz CT molecular complexity index is 563. The van der Waals surface area contributed by atoms with Gasteiger partial charge in [0.05, 0.1) is 5.69 Å². The molecule has 2 N–H and O–H groups in total. The van der Waals surface area contributed by atoms with Crippen molar-refractivity contribution in [3.8, 4) is 0 Å². The molecule has 1 aromatic heterocycles. The quantitative estimate of drug-likeness (QED) is 0.839. The number of nitrogens with one attached hydrogen (secondary N) is 2. The number of anilines is 1. The van der Waals surface area contributed by atoms with Crippen LogP contribution < -0.4 is 10.0 Å². The first-order chi connectivity index (χ1) is 10.1. The van der Waals surface area contributed by atoms with E-state index in [0.717, 1.165) is 19.3 Å². The Morgan fingerprint density at radius 3 is 2.95 bits per heavy atom. The molecule has 0 aliphatic heterocycles. The van der Waals surface area contributed by atoms with Gasteiger partial charge in [-0.05, 0) is 44.6 Å². The molecule has 0 aromatic carbocycles. The van der Waals surface area contributed by atoms with Crippen LogP contribution in [0.15, 0.2) is 23.4 Å². The molecule has 1 fully saturated rings. The maximum Gasteiger partial charge on any atom is 0.260 e. The molecule has 2 rings (SSSR count). The highest BCUT2D eigenvalue weighted by atomic mass is 32.2. The third-order valence-corrected chi connectivity index (χ3v) is 6.25. The number of nitrogens with zero attached hydrogens (tertiary/aromatic N) is 1. The van der Waals surface area contributed by atoms with Crippen LogP contribution in [-0.4, -0.2) is 37.5 Å². The van der Waals surface area contributed by atoms with Crippen molar-refractivity contribution in [3.05, 3.63) is 18.3 Å². The fourth-order valence-corrected chi connectivity index (χ4v) is 4.89. The minimum atomic E-state index is -3.58. The van der Waals surface area contributed by atoms with Gasteiger partial charge in [-0.2, -0.15) is 11.8 Å².